The molecule has 0 spiro atoms. The van der Waals surface area contributed by atoms with Crippen molar-refractivity contribution in [2.24, 2.45) is 5.73 Å². The van der Waals surface area contributed by atoms with E-state index in [9.17, 15) is 8.78 Å². The zero-order valence-corrected chi connectivity index (χ0v) is 8.67. The maximum Gasteiger partial charge on any atom is 0.264 e. The predicted octanol–water partition coefficient (Wildman–Crippen LogP) is 2.37. The molecule has 0 radical (unpaired) electrons. The second-order valence-electron chi connectivity index (χ2n) is 3.75. The van der Waals surface area contributed by atoms with Gasteiger partial charge in [-0.25, -0.2) is 8.78 Å². The number of nitrogens with two attached hydrogens (primary N) is 1. The van der Waals surface area contributed by atoms with Crippen LogP contribution in [-0.4, -0.2) is 12.5 Å². The van der Waals surface area contributed by atoms with Gasteiger partial charge in [0, 0.05) is 16.2 Å². The predicted molar refractivity (Wildman–Crippen MR) is 54.0 cm³/mol. The second kappa shape index (κ2) is 3.59. The molecule has 0 amide bonds. The third kappa shape index (κ3) is 1.96. The zero-order chi connectivity index (χ0) is 10.2. The Bertz CT molecular complexity index is 311. The molecular weight excluding hydrogens is 204 g/mol. The summed E-state index contributed by atoms with van der Waals surface area (Å²) in [6.07, 6.45) is 3.10. The Labute approximate surface area is 85.9 Å². The summed E-state index contributed by atoms with van der Waals surface area (Å²) in [5, 5.41) is 0. The molecule has 78 valence electrons. The molecule has 1 aliphatic rings. The molecule has 0 bridgehead atoms. The first-order valence-electron chi connectivity index (χ1n) is 4.79. The first kappa shape index (κ1) is 10.1. The van der Waals surface area contributed by atoms with Crippen LogP contribution in [0.2, 0.25) is 0 Å². The Morgan fingerprint density at radius 2 is 2.21 bits per heavy atom. The number of thiophene rings is 1. The SMILES string of the molecule is NCC(F)(F)Cc1cc2c(s1)CCC2. The summed E-state index contributed by atoms with van der Waals surface area (Å²) in [6.45, 7) is -0.560. The number of hydrogen-bond acceptors (Lipinski definition) is 2. The fourth-order valence-electron chi connectivity index (χ4n) is 1.80. The minimum Gasteiger partial charge on any atom is -0.325 e. The van der Waals surface area contributed by atoms with E-state index in [2.05, 4.69) is 0 Å². The van der Waals surface area contributed by atoms with Gasteiger partial charge in [0.05, 0.1) is 6.54 Å². The molecule has 1 nitrogen and oxygen atoms in total. The van der Waals surface area contributed by atoms with E-state index in [1.54, 1.807) is 0 Å². The fraction of sp³-hybridized carbons (Fsp3) is 0.600. The Kier molecular flexibility index (Phi) is 2.58. The first-order chi connectivity index (χ1) is 6.61. The minimum atomic E-state index is -2.74. The number of halogens is 2. The topological polar surface area (TPSA) is 26.0 Å². The molecule has 0 aromatic carbocycles. The molecule has 0 aliphatic heterocycles. The van der Waals surface area contributed by atoms with Crippen molar-refractivity contribution in [2.75, 3.05) is 6.54 Å². The van der Waals surface area contributed by atoms with E-state index in [0.29, 0.717) is 0 Å². The van der Waals surface area contributed by atoms with Crippen LogP contribution in [0.15, 0.2) is 6.07 Å². The van der Waals surface area contributed by atoms with Gasteiger partial charge in [-0.3, -0.25) is 0 Å². The largest absolute Gasteiger partial charge is 0.325 e. The lowest BCUT2D eigenvalue weighted by Gasteiger charge is -2.11. The second-order valence-corrected chi connectivity index (χ2v) is 4.97. The molecular formula is C10H13F2NS. The molecule has 0 saturated heterocycles. The molecule has 0 fully saturated rings. The standard InChI is InChI=1S/C10H13F2NS/c11-10(12,6-13)5-8-4-7-2-1-3-9(7)14-8/h4H,1-3,5-6,13H2. The van der Waals surface area contributed by atoms with E-state index < -0.39 is 12.5 Å². The highest BCUT2D eigenvalue weighted by molar-refractivity contribution is 7.12. The smallest absolute Gasteiger partial charge is 0.264 e. The van der Waals surface area contributed by atoms with Gasteiger partial charge in [0.15, 0.2) is 0 Å². The fourth-order valence-corrected chi connectivity index (χ4v) is 3.14. The van der Waals surface area contributed by atoms with Crippen molar-refractivity contribution in [3.8, 4) is 0 Å². The van der Waals surface area contributed by atoms with Crippen LogP contribution in [-0.2, 0) is 19.3 Å². The van der Waals surface area contributed by atoms with Crippen LogP contribution in [0.3, 0.4) is 0 Å². The van der Waals surface area contributed by atoms with Crippen LogP contribution in [0.1, 0.15) is 21.7 Å². The number of aryl methyl sites for hydroxylation is 2. The maximum absolute atomic E-state index is 13.0. The van der Waals surface area contributed by atoms with Gasteiger partial charge in [-0.05, 0) is 30.9 Å². The normalized spacial score (nSPS) is 15.9. The van der Waals surface area contributed by atoms with Gasteiger partial charge in [0.25, 0.3) is 5.92 Å². The highest BCUT2D eigenvalue weighted by atomic mass is 32.1. The minimum absolute atomic E-state index is 0.193. The van der Waals surface area contributed by atoms with E-state index in [0.717, 1.165) is 17.7 Å². The van der Waals surface area contributed by atoms with Gasteiger partial charge in [0.1, 0.15) is 0 Å². The summed E-state index contributed by atoms with van der Waals surface area (Å²) >= 11 is 1.53. The molecule has 4 heteroatoms. The summed E-state index contributed by atoms with van der Waals surface area (Å²) in [5.74, 6) is -2.74. The number of fused-ring (bicyclic) bond motifs is 1. The van der Waals surface area contributed by atoms with E-state index in [4.69, 9.17) is 5.73 Å². The monoisotopic (exact) mass is 217 g/mol. The van der Waals surface area contributed by atoms with Crippen LogP contribution in [0, 0.1) is 0 Å². The number of rotatable bonds is 3. The van der Waals surface area contributed by atoms with Crippen molar-refractivity contribution < 1.29 is 8.78 Å². The molecule has 0 atom stereocenters. The maximum atomic E-state index is 13.0. The molecule has 0 unspecified atom stereocenters. The van der Waals surface area contributed by atoms with Crippen LogP contribution < -0.4 is 5.73 Å². The molecule has 2 N–H and O–H groups in total. The lowest BCUT2D eigenvalue weighted by atomic mass is 10.2. The highest BCUT2D eigenvalue weighted by Gasteiger charge is 2.28. The van der Waals surface area contributed by atoms with Crippen molar-refractivity contribution in [1.29, 1.82) is 0 Å². The van der Waals surface area contributed by atoms with Gasteiger partial charge in [-0.2, -0.15) is 0 Å². The van der Waals surface area contributed by atoms with E-state index in [1.165, 1.54) is 28.2 Å². The summed E-state index contributed by atoms with van der Waals surface area (Å²) in [7, 11) is 0. The molecule has 1 aromatic heterocycles. The Morgan fingerprint density at radius 3 is 2.86 bits per heavy atom. The van der Waals surface area contributed by atoms with Crippen molar-refractivity contribution in [3.63, 3.8) is 0 Å². The van der Waals surface area contributed by atoms with Gasteiger partial charge < -0.3 is 5.73 Å². The molecule has 1 heterocycles. The number of hydrogen-bond donors (Lipinski definition) is 1. The van der Waals surface area contributed by atoms with E-state index in [-0.39, 0.29) is 6.42 Å². The van der Waals surface area contributed by atoms with Gasteiger partial charge in [-0.1, -0.05) is 0 Å². The highest BCUT2D eigenvalue weighted by Crippen LogP contribution is 2.33. The third-order valence-electron chi connectivity index (χ3n) is 2.53. The Morgan fingerprint density at radius 1 is 1.43 bits per heavy atom. The van der Waals surface area contributed by atoms with Crippen molar-refractivity contribution in [1.82, 2.24) is 0 Å². The van der Waals surface area contributed by atoms with E-state index in [1.807, 2.05) is 6.07 Å². The van der Waals surface area contributed by atoms with Crippen LogP contribution in [0.5, 0.6) is 0 Å². The van der Waals surface area contributed by atoms with Gasteiger partial charge in [0.2, 0.25) is 0 Å². The molecule has 2 rings (SSSR count). The molecule has 0 saturated carbocycles. The lowest BCUT2D eigenvalue weighted by molar-refractivity contribution is 0.0123. The summed E-state index contributed by atoms with van der Waals surface area (Å²) in [5.41, 5.74) is 6.28. The van der Waals surface area contributed by atoms with E-state index >= 15 is 0 Å². The number of alkyl halides is 2. The molecule has 1 aromatic rings. The van der Waals surface area contributed by atoms with Crippen molar-refractivity contribution in [2.45, 2.75) is 31.6 Å². The Balaban J connectivity index is 2.11. The van der Waals surface area contributed by atoms with Crippen LogP contribution >= 0.6 is 11.3 Å². The molecule has 14 heavy (non-hydrogen) atoms. The lowest BCUT2D eigenvalue weighted by Crippen LogP contribution is -2.29. The average molecular weight is 217 g/mol. The third-order valence-corrected chi connectivity index (χ3v) is 3.77. The Hall–Kier alpha value is -0.480. The summed E-state index contributed by atoms with van der Waals surface area (Å²) < 4.78 is 26.0. The van der Waals surface area contributed by atoms with Crippen molar-refractivity contribution in [3.05, 3.63) is 21.4 Å². The quantitative estimate of drug-likeness (QED) is 0.826. The summed E-state index contributed by atoms with van der Waals surface area (Å²) in [6, 6.07) is 1.93. The van der Waals surface area contributed by atoms with Gasteiger partial charge in [-0.15, -0.1) is 11.3 Å². The van der Waals surface area contributed by atoms with Crippen molar-refractivity contribution >= 4 is 11.3 Å². The average Bonchev–Trinajstić information content (AvgIpc) is 2.63. The summed E-state index contributed by atoms with van der Waals surface area (Å²) in [4.78, 5) is 2.08. The van der Waals surface area contributed by atoms with Gasteiger partial charge >= 0.3 is 0 Å². The van der Waals surface area contributed by atoms with Crippen LogP contribution in [0.4, 0.5) is 8.78 Å². The first-order valence-corrected chi connectivity index (χ1v) is 5.61. The zero-order valence-electron chi connectivity index (χ0n) is 7.85. The van der Waals surface area contributed by atoms with Crippen LogP contribution in [0.25, 0.3) is 0 Å². The molecule has 1 aliphatic carbocycles.